The molecule has 0 aliphatic heterocycles. The SMILES string of the molecule is CCCC/C=C\C/C=C\CCCCCCCC(=O)OC(COC(=O)CCCCCCCC)COC(=O)CCCCCCCCCCC/C=C\C/C=C\CCCCC. The molecule has 1 atom stereocenters. The lowest BCUT2D eigenvalue weighted by molar-refractivity contribution is -0.167. The van der Waals surface area contributed by atoms with Crippen molar-refractivity contribution in [2.75, 3.05) is 13.2 Å². The molecule has 0 saturated heterocycles. The summed E-state index contributed by atoms with van der Waals surface area (Å²) in [6.45, 7) is 6.50. The highest BCUT2D eigenvalue weighted by molar-refractivity contribution is 5.71. The number of rotatable bonds is 43. The fourth-order valence-electron chi connectivity index (χ4n) is 6.61. The van der Waals surface area contributed by atoms with E-state index < -0.39 is 6.10 Å². The predicted molar refractivity (Wildman–Crippen MR) is 242 cm³/mol. The molecule has 0 bridgehead atoms. The molecule has 1 unspecified atom stereocenters. The summed E-state index contributed by atoms with van der Waals surface area (Å²) in [5.74, 6) is -0.906. The van der Waals surface area contributed by atoms with Crippen molar-refractivity contribution in [3.63, 3.8) is 0 Å². The van der Waals surface area contributed by atoms with Crippen molar-refractivity contribution in [1.29, 1.82) is 0 Å². The Kier molecular flexibility index (Phi) is 43.9. The number of unbranched alkanes of at least 4 members (excludes halogenated alkanes) is 24. The van der Waals surface area contributed by atoms with Gasteiger partial charge in [-0.3, -0.25) is 14.4 Å². The molecule has 0 fully saturated rings. The van der Waals surface area contributed by atoms with E-state index in [1.54, 1.807) is 0 Å². The lowest BCUT2D eigenvalue weighted by Gasteiger charge is -2.18. The highest BCUT2D eigenvalue weighted by atomic mass is 16.6. The molecule has 6 heteroatoms. The number of hydrogen-bond donors (Lipinski definition) is 0. The van der Waals surface area contributed by atoms with Crippen LogP contribution in [-0.4, -0.2) is 37.2 Å². The monoisotopic (exact) mass is 799 g/mol. The second-order valence-corrected chi connectivity index (χ2v) is 16.0. The van der Waals surface area contributed by atoms with Crippen LogP contribution in [-0.2, 0) is 28.6 Å². The van der Waals surface area contributed by atoms with Gasteiger partial charge in [0.25, 0.3) is 0 Å². The molecule has 57 heavy (non-hydrogen) atoms. The van der Waals surface area contributed by atoms with E-state index in [2.05, 4.69) is 69.4 Å². The van der Waals surface area contributed by atoms with Gasteiger partial charge >= 0.3 is 17.9 Å². The molecule has 0 aromatic rings. The molecule has 0 aromatic heterocycles. The van der Waals surface area contributed by atoms with Crippen molar-refractivity contribution in [3.05, 3.63) is 48.6 Å². The normalized spacial score (nSPS) is 12.4. The van der Waals surface area contributed by atoms with Gasteiger partial charge in [0.15, 0.2) is 6.10 Å². The highest BCUT2D eigenvalue weighted by Crippen LogP contribution is 2.14. The third-order valence-electron chi connectivity index (χ3n) is 10.3. The summed E-state index contributed by atoms with van der Waals surface area (Å²) in [6, 6.07) is 0. The minimum Gasteiger partial charge on any atom is -0.462 e. The Bertz CT molecular complexity index is 1010. The van der Waals surface area contributed by atoms with E-state index in [1.807, 2.05) is 0 Å². The standard InChI is InChI=1S/C51H90O6/c1-4-7-10-13-16-18-20-22-24-25-26-27-28-30-31-33-35-38-41-44-50(53)56-47-48(46-55-49(52)43-40-37-15-12-9-6-3)57-51(54)45-42-39-36-34-32-29-23-21-19-17-14-11-8-5-2/h14,16-18,21-24,48H,4-13,15,19-20,25-47H2,1-3H3/b17-14-,18-16-,23-21-,24-22-. The van der Waals surface area contributed by atoms with Gasteiger partial charge in [0.2, 0.25) is 0 Å². The molecule has 0 radical (unpaired) electrons. The Morgan fingerprint density at radius 2 is 0.649 bits per heavy atom. The Hall–Kier alpha value is -2.63. The second kappa shape index (κ2) is 46.1. The molecule has 0 spiro atoms. The Morgan fingerprint density at radius 1 is 0.351 bits per heavy atom. The molecule has 0 rings (SSSR count). The Balaban J connectivity index is 4.24. The van der Waals surface area contributed by atoms with Gasteiger partial charge in [-0.1, -0.05) is 191 Å². The molecular formula is C51H90O6. The summed E-state index contributed by atoms with van der Waals surface area (Å²) >= 11 is 0. The van der Waals surface area contributed by atoms with Gasteiger partial charge in [0.1, 0.15) is 13.2 Å². The number of allylic oxidation sites excluding steroid dienone is 8. The molecular weight excluding hydrogens is 709 g/mol. The third kappa shape index (κ3) is 44.3. The van der Waals surface area contributed by atoms with Crippen molar-refractivity contribution in [2.24, 2.45) is 0 Å². The number of esters is 3. The first-order chi connectivity index (χ1) is 28.0. The highest BCUT2D eigenvalue weighted by Gasteiger charge is 2.19. The van der Waals surface area contributed by atoms with E-state index in [9.17, 15) is 14.4 Å². The van der Waals surface area contributed by atoms with Crippen LogP contribution in [0.5, 0.6) is 0 Å². The minimum atomic E-state index is -0.776. The van der Waals surface area contributed by atoms with Crippen LogP contribution in [0.25, 0.3) is 0 Å². The summed E-state index contributed by atoms with van der Waals surface area (Å²) in [4.78, 5) is 37.6. The average Bonchev–Trinajstić information content (AvgIpc) is 3.21. The van der Waals surface area contributed by atoms with Gasteiger partial charge in [-0.2, -0.15) is 0 Å². The first-order valence-corrected chi connectivity index (χ1v) is 24.1. The molecule has 6 nitrogen and oxygen atoms in total. The van der Waals surface area contributed by atoms with Crippen LogP contribution in [0.4, 0.5) is 0 Å². The second-order valence-electron chi connectivity index (χ2n) is 16.0. The van der Waals surface area contributed by atoms with Gasteiger partial charge in [0.05, 0.1) is 0 Å². The van der Waals surface area contributed by atoms with E-state index in [0.29, 0.717) is 19.3 Å². The number of carbonyl (C=O) groups excluding carboxylic acids is 3. The molecule has 0 N–H and O–H groups in total. The van der Waals surface area contributed by atoms with Crippen LogP contribution < -0.4 is 0 Å². The largest absolute Gasteiger partial charge is 0.462 e. The maximum atomic E-state index is 12.7. The van der Waals surface area contributed by atoms with Crippen LogP contribution in [0.15, 0.2) is 48.6 Å². The predicted octanol–water partition coefficient (Wildman–Crippen LogP) is 15.5. The lowest BCUT2D eigenvalue weighted by atomic mass is 10.1. The van der Waals surface area contributed by atoms with Crippen LogP contribution in [0.1, 0.15) is 239 Å². The zero-order valence-electron chi connectivity index (χ0n) is 37.6. The van der Waals surface area contributed by atoms with Gasteiger partial charge < -0.3 is 14.2 Å². The summed E-state index contributed by atoms with van der Waals surface area (Å²) in [6.07, 6.45) is 54.0. The van der Waals surface area contributed by atoms with E-state index >= 15 is 0 Å². The fourth-order valence-corrected chi connectivity index (χ4v) is 6.61. The molecule has 0 aliphatic rings. The Labute approximate surface area is 352 Å². The maximum absolute atomic E-state index is 12.7. The van der Waals surface area contributed by atoms with Crippen molar-refractivity contribution < 1.29 is 28.6 Å². The zero-order valence-corrected chi connectivity index (χ0v) is 37.6. The molecule has 0 aliphatic carbocycles. The summed E-state index contributed by atoms with van der Waals surface area (Å²) in [5, 5.41) is 0. The topological polar surface area (TPSA) is 78.9 Å². The van der Waals surface area contributed by atoms with Crippen molar-refractivity contribution >= 4 is 17.9 Å². The first-order valence-electron chi connectivity index (χ1n) is 24.1. The summed E-state index contributed by atoms with van der Waals surface area (Å²) in [7, 11) is 0. The fraction of sp³-hybridized carbons (Fsp3) is 0.784. The molecule has 0 saturated carbocycles. The summed E-state index contributed by atoms with van der Waals surface area (Å²) in [5.41, 5.74) is 0. The van der Waals surface area contributed by atoms with Gasteiger partial charge in [-0.05, 0) is 77.0 Å². The number of carbonyl (C=O) groups is 3. The van der Waals surface area contributed by atoms with E-state index in [1.165, 1.54) is 109 Å². The Morgan fingerprint density at radius 3 is 1.05 bits per heavy atom. The average molecular weight is 799 g/mol. The molecule has 330 valence electrons. The lowest BCUT2D eigenvalue weighted by Crippen LogP contribution is -2.30. The number of ether oxygens (including phenoxy) is 3. The van der Waals surface area contributed by atoms with E-state index in [-0.39, 0.29) is 31.1 Å². The smallest absolute Gasteiger partial charge is 0.306 e. The molecule has 0 amide bonds. The van der Waals surface area contributed by atoms with Crippen LogP contribution >= 0.6 is 0 Å². The van der Waals surface area contributed by atoms with Gasteiger partial charge in [-0.15, -0.1) is 0 Å². The van der Waals surface area contributed by atoms with Crippen molar-refractivity contribution in [1.82, 2.24) is 0 Å². The van der Waals surface area contributed by atoms with Gasteiger partial charge in [-0.25, -0.2) is 0 Å². The zero-order chi connectivity index (χ0) is 41.5. The quantitative estimate of drug-likeness (QED) is 0.0265. The molecule has 0 aromatic carbocycles. The third-order valence-corrected chi connectivity index (χ3v) is 10.3. The van der Waals surface area contributed by atoms with Crippen molar-refractivity contribution in [2.45, 2.75) is 245 Å². The number of hydrogen-bond acceptors (Lipinski definition) is 6. The van der Waals surface area contributed by atoms with Gasteiger partial charge in [0, 0.05) is 19.3 Å². The minimum absolute atomic E-state index is 0.0801. The van der Waals surface area contributed by atoms with Crippen molar-refractivity contribution in [3.8, 4) is 0 Å². The summed E-state index contributed by atoms with van der Waals surface area (Å²) < 4.78 is 16.7. The molecule has 0 heterocycles. The first kappa shape index (κ1) is 54.4. The maximum Gasteiger partial charge on any atom is 0.306 e. The van der Waals surface area contributed by atoms with Crippen LogP contribution in [0.3, 0.4) is 0 Å². The van der Waals surface area contributed by atoms with E-state index in [0.717, 1.165) is 89.9 Å². The van der Waals surface area contributed by atoms with Crippen LogP contribution in [0, 0.1) is 0 Å². The van der Waals surface area contributed by atoms with Crippen LogP contribution in [0.2, 0.25) is 0 Å². The van der Waals surface area contributed by atoms with E-state index in [4.69, 9.17) is 14.2 Å².